The minimum atomic E-state index is 0.651. The van der Waals surface area contributed by atoms with Crippen molar-refractivity contribution in [3.63, 3.8) is 0 Å². The Balaban J connectivity index is 1.49. The van der Waals surface area contributed by atoms with Gasteiger partial charge in [-0.05, 0) is 37.3 Å². The van der Waals surface area contributed by atoms with Gasteiger partial charge in [0.15, 0.2) is 0 Å². The second kappa shape index (κ2) is 6.82. The van der Waals surface area contributed by atoms with Crippen LogP contribution in [-0.2, 0) is 0 Å². The summed E-state index contributed by atoms with van der Waals surface area (Å²) in [7, 11) is 4.05. The molecule has 0 saturated carbocycles. The van der Waals surface area contributed by atoms with Crippen molar-refractivity contribution in [2.75, 3.05) is 19.0 Å². The van der Waals surface area contributed by atoms with E-state index in [9.17, 15) is 0 Å². The summed E-state index contributed by atoms with van der Waals surface area (Å²) in [6, 6.07) is 18.6. The van der Waals surface area contributed by atoms with E-state index >= 15 is 0 Å². The number of aromatic nitrogens is 6. The zero-order valence-corrected chi connectivity index (χ0v) is 17.1. The average Bonchev–Trinajstić information content (AvgIpc) is 3.44. The van der Waals surface area contributed by atoms with E-state index in [1.54, 1.807) is 4.52 Å². The molecule has 0 aliphatic heterocycles. The SMILES string of the molecule is Cc1ccc(-c2cc(-c3nnc4sc(-c5ccc(N(C)C)cc5)nn34)[nH]n2)cc1. The van der Waals surface area contributed by atoms with E-state index in [1.807, 2.05) is 20.2 Å². The second-order valence-corrected chi connectivity index (χ2v) is 8.06. The van der Waals surface area contributed by atoms with Crippen LogP contribution < -0.4 is 4.90 Å². The van der Waals surface area contributed by atoms with Gasteiger partial charge in [-0.2, -0.15) is 14.7 Å². The molecule has 0 spiro atoms. The van der Waals surface area contributed by atoms with Gasteiger partial charge in [0.1, 0.15) is 10.7 Å². The van der Waals surface area contributed by atoms with E-state index < -0.39 is 0 Å². The van der Waals surface area contributed by atoms with Crippen molar-refractivity contribution in [3.05, 3.63) is 60.2 Å². The number of hydrogen-bond donors (Lipinski definition) is 1. The Kier molecular flexibility index (Phi) is 4.13. The molecule has 0 unspecified atom stereocenters. The van der Waals surface area contributed by atoms with E-state index in [0.29, 0.717) is 5.82 Å². The summed E-state index contributed by atoms with van der Waals surface area (Å²) >= 11 is 1.52. The van der Waals surface area contributed by atoms with Crippen LogP contribution >= 0.6 is 11.3 Å². The Morgan fingerprint density at radius 2 is 1.66 bits per heavy atom. The van der Waals surface area contributed by atoms with Crippen LogP contribution in [0.5, 0.6) is 0 Å². The maximum absolute atomic E-state index is 4.74. The number of nitrogens with zero attached hydrogens (tertiary/aromatic N) is 6. The lowest BCUT2D eigenvalue weighted by Crippen LogP contribution is -2.07. The third kappa shape index (κ3) is 3.17. The smallest absolute Gasteiger partial charge is 0.235 e. The topological polar surface area (TPSA) is 75.0 Å². The normalized spacial score (nSPS) is 11.3. The van der Waals surface area contributed by atoms with Crippen LogP contribution in [0.3, 0.4) is 0 Å². The van der Waals surface area contributed by atoms with Gasteiger partial charge in [0, 0.05) is 30.9 Å². The van der Waals surface area contributed by atoms with E-state index in [4.69, 9.17) is 5.10 Å². The van der Waals surface area contributed by atoms with Gasteiger partial charge < -0.3 is 4.90 Å². The van der Waals surface area contributed by atoms with Gasteiger partial charge in [-0.1, -0.05) is 41.2 Å². The predicted octanol–water partition coefficient (Wildman–Crippen LogP) is 4.28. The Bertz CT molecular complexity index is 1280. The van der Waals surface area contributed by atoms with Gasteiger partial charge in [0.05, 0.1) is 5.69 Å². The molecule has 0 atom stereocenters. The Morgan fingerprint density at radius 1 is 0.931 bits per heavy atom. The van der Waals surface area contributed by atoms with E-state index in [0.717, 1.165) is 38.2 Å². The molecule has 3 aromatic heterocycles. The highest BCUT2D eigenvalue weighted by Gasteiger charge is 2.17. The van der Waals surface area contributed by atoms with Crippen LogP contribution in [0, 0.1) is 6.92 Å². The highest BCUT2D eigenvalue weighted by Crippen LogP contribution is 2.29. The zero-order valence-electron chi connectivity index (χ0n) is 16.3. The number of aryl methyl sites for hydroxylation is 1. The predicted molar refractivity (Wildman–Crippen MR) is 116 cm³/mol. The first-order valence-electron chi connectivity index (χ1n) is 9.21. The number of rotatable bonds is 4. The summed E-state index contributed by atoms with van der Waals surface area (Å²) in [5.74, 6) is 0.651. The molecule has 0 fully saturated rings. The van der Waals surface area contributed by atoms with Gasteiger partial charge >= 0.3 is 0 Å². The Hall–Kier alpha value is -3.52. The molecule has 144 valence electrons. The quantitative estimate of drug-likeness (QED) is 0.486. The number of anilines is 1. The maximum atomic E-state index is 4.74. The lowest BCUT2D eigenvalue weighted by Gasteiger charge is -2.11. The van der Waals surface area contributed by atoms with E-state index in [2.05, 4.69) is 80.7 Å². The number of nitrogens with one attached hydrogen (secondary N) is 1. The van der Waals surface area contributed by atoms with E-state index in [-0.39, 0.29) is 0 Å². The van der Waals surface area contributed by atoms with Crippen molar-refractivity contribution in [2.24, 2.45) is 0 Å². The third-order valence-electron chi connectivity index (χ3n) is 4.79. The lowest BCUT2D eigenvalue weighted by atomic mass is 10.1. The monoisotopic (exact) mass is 401 g/mol. The summed E-state index contributed by atoms with van der Waals surface area (Å²) < 4.78 is 1.77. The largest absolute Gasteiger partial charge is 0.378 e. The molecule has 0 radical (unpaired) electrons. The summed E-state index contributed by atoms with van der Waals surface area (Å²) in [5.41, 5.74) is 6.14. The van der Waals surface area contributed by atoms with Gasteiger partial charge in [0.2, 0.25) is 10.8 Å². The van der Waals surface area contributed by atoms with Crippen LogP contribution in [0.2, 0.25) is 0 Å². The fourth-order valence-electron chi connectivity index (χ4n) is 3.11. The Labute approximate surface area is 171 Å². The summed E-state index contributed by atoms with van der Waals surface area (Å²) in [6.07, 6.45) is 0. The zero-order chi connectivity index (χ0) is 20.0. The van der Waals surface area contributed by atoms with Crippen LogP contribution in [0.1, 0.15) is 5.56 Å². The second-order valence-electron chi connectivity index (χ2n) is 7.10. The fourth-order valence-corrected chi connectivity index (χ4v) is 3.96. The number of aromatic amines is 1. The van der Waals surface area contributed by atoms with Crippen molar-refractivity contribution >= 4 is 22.0 Å². The van der Waals surface area contributed by atoms with Crippen LogP contribution in [-0.4, -0.2) is 44.1 Å². The minimum absolute atomic E-state index is 0.651. The number of benzene rings is 2. The highest BCUT2D eigenvalue weighted by atomic mass is 32.1. The molecule has 0 amide bonds. The first-order valence-corrected chi connectivity index (χ1v) is 10.0. The molecule has 3 heterocycles. The molecule has 5 aromatic rings. The van der Waals surface area contributed by atoms with Gasteiger partial charge in [-0.25, -0.2) is 0 Å². The molecule has 0 aliphatic carbocycles. The van der Waals surface area contributed by atoms with Crippen LogP contribution in [0.15, 0.2) is 54.6 Å². The average molecular weight is 401 g/mol. The van der Waals surface area contributed by atoms with Crippen molar-refractivity contribution in [1.29, 1.82) is 0 Å². The maximum Gasteiger partial charge on any atom is 0.235 e. The van der Waals surface area contributed by atoms with Crippen molar-refractivity contribution in [1.82, 2.24) is 30.0 Å². The van der Waals surface area contributed by atoms with Crippen molar-refractivity contribution in [2.45, 2.75) is 6.92 Å². The number of fused-ring (bicyclic) bond motifs is 1. The molecule has 0 saturated heterocycles. The molecule has 1 N–H and O–H groups in total. The van der Waals surface area contributed by atoms with Crippen LogP contribution in [0.25, 0.3) is 38.3 Å². The standard InChI is InChI=1S/C21H19N7S/c1-13-4-6-14(7-5-13)17-12-18(23-22-17)19-24-25-21-28(19)26-20(29-21)15-8-10-16(11-9-15)27(2)3/h4-12H,1-3H3,(H,22,23). The molecular formula is C21H19N7S. The Morgan fingerprint density at radius 3 is 2.38 bits per heavy atom. The molecule has 7 nitrogen and oxygen atoms in total. The summed E-state index contributed by atoms with van der Waals surface area (Å²) in [4.78, 5) is 2.82. The molecule has 0 bridgehead atoms. The van der Waals surface area contributed by atoms with Gasteiger partial charge in [-0.3, -0.25) is 5.10 Å². The summed E-state index contributed by atoms with van der Waals surface area (Å²) in [6.45, 7) is 2.07. The third-order valence-corrected chi connectivity index (χ3v) is 5.74. The molecule has 0 aliphatic rings. The lowest BCUT2D eigenvalue weighted by molar-refractivity contribution is 0.954. The van der Waals surface area contributed by atoms with E-state index in [1.165, 1.54) is 16.9 Å². The van der Waals surface area contributed by atoms with Crippen molar-refractivity contribution in [3.8, 4) is 33.3 Å². The first kappa shape index (κ1) is 17.6. The fraction of sp³-hybridized carbons (Fsp3) is 0.143. The highest BCUT2D eigenvalue weighted by molar-refractivity contribution is 7.19. The molecule has 2 aromatic carbocycles. The molecular weight excluding hydrogens is 382 g/mol. The minimum Gasteiger partial charge on any atom is -0.378 e. The molecule has 5 rings (SSSR count). The number of H-pyrrole nitrogens is 1. The summed E-state index contributed by atoms with van der Waals surface area (Å²) in [5, 5.41) is 21.7. The van der Waals surface area contributed by atoms with Gasteiger partial charge in [0.25, 0.3) is 0 Å². The van der Waals surface area contributed by atoms with Crippen LogP contribution in [0.4, 0.5) is 5.69 Å². The van der Waals surface area contributed by atoms with Crippen molar-refractivity contribution < 1.29 is 0 Å². The first-order chi connectivity index (χ1) is 14.1. The molecule has 8 heteroatoms. The van der Waals surface area contributed by atoms with Gasteiger partial charge in [-0.15, -0.1) is 10.2 Å². The number of hydrogen-bond acceptors (Lipinski definition) is 6. The molecule has 29 heavy (non-hydrogen) atoms.